The average Bonchev–Trinajstić information content (AvgIpc) is 2.26. The van der Waals surface area contributed by atoms with Crippen molar-refractivity contribution < 1.29 is 4.74 Å². The summed E-state index contributed by atoms with van der Waals surface area (Å²) in [6.07, 6.45) is 2.86. The smallest absolute Gasteiger partial charge is 0.137 e. The van der Waals surface area contributed by atoms with Gasteiger partial charge in [-0.15, -0.1) is 0 Å². The molecule has 1 aromatic rings. The molecule has 3 nitrogen and oxygen atoms in total. The van der Waals surface area contributed by atoms with Crippen molar-refractivity contribution in [3.63, 3.8) is 0 Å². The van der Waals surface area contributed by atoms with Crippen molar-refractivity contribution in [3.05, 3.63) is 24.0 Å². The second-order valence-corrected chi connectivity index (χ2v) is 3.51. The fraction of sp³-hybridized carbons (Fsp3) is 0.545. The van der Waals surface area contributed by atoms with E-state index in [1.807, 2.05) is 12.1 Å². The van der Waals surface area contributed by atoms with Crippen LogP contribution in [0.15, 0.2) is 18.3 Å². The van der Waals surface area contributed by atoms with Gasteiger partial charge in [-0.2, -0.15) is 0 Å². The lowest BCUT2D eigenvalue weighted by Crippen LogP contribution is -2.07. The summed E-state index contributed by atoms with van der Waals surface area (Å²) in [6, 6.07) is 3.81. The molecule has 0 aliphatic rings. The van der Waals surface area contributed by atoms with Crippen LogP contribution < -0.4 is 10.5 Å². The van der Waals surface area contributed by atoms with Gasteiger partial charge in [-0.25, -0.2) is 0 Å². The molecule has 0 saturated carbocycles. The molecule has 0 bridgehead atoms. The summed E-state index contributed by atoms with van der Waals surface area (Å²) < 4.78 is 5.55. The highest BCUT2D eigenvalue weighted by Gasteiger charge is 2.00. The zero-order chi connectivity index (χ0) is 10.4. The van der Waals surface area contributed by atoms with Crippen LogP contribution in [0.4, 0.5) is 0 Å². The molecule has 1 unspecified atom stereocenters. The van der Waals surface area contributed by atoms with Crippen LogP contribution in [0, 0.1) is 5.92 Å². The molecule has 14 heavy (non-hydrogen) atoms. The van der Waals surface area contributed by atoms with Gasteiger partial charge in [0.25, 0.3) is 0 Å². The molecule has 1 atom stereocenters. The highest BCUT2D eigenvalue weighted by molar-refractivity contribution is 5.19. The van der Waals surface area contributed by atoms with Crippen LogP contribution in [-0.2, 0) is 6.54 Å². The van der Waals surface area contributed by atoms with Crippen molar-refractivity contribution in [2.45, 2.75) is 26.8 Å². The number of aromatic nitrogens is 1. The summed E-state index contributed by atoms with van der Waals surface area (Å²) >= 11 is 0. The lowest BCUT2D eigenvalue weighted by molar-refractivity contribution is 0.255. The maximum Gasteiger partial charge on any atom is 0.137 e. The second-order valence-electron chi connectivity index (χ2n) is 3.51. The number of ether oxygens (including phenoxy) is 1. The molecule has 0 saturated heterocycles. The van der Waals surface area contributed by atoms with Gasteiger partial charge in [0, 0.05) is 6.54 Å². The molecular formula is C11H18N2O. The molecule has 1 aromatic heterocycles. The predicted octanol–water partition coefficient (Wildman–Crippen LogP) is 1.97. The molecule has 0 amide bonds. The first-order chi connectivity index (χ1) is 6.76. The molecule has 0 spiro atoms. The van der Waals surface area contributed by atoms with Gasteiger partial charge < -0.3 is 10.5 Å². The molecule has 0 aliphatic heterocycles. The van der Waals surface area contributed by atoms with Gasteiger partial charge in [-0.1, -0.05) is 20.3 Å². The van der Waals surface area contributed by atoms with E-state index in [-0.39, 0.29) is 0 Å². The summed E-state index contributed by atoms with van der Waals surface area (Å²) in [5, 5.41) is 0. The number of nitrogens with zero attached hydrogens (tertiary/aromatic N) is 1. The summed E-state index contributed by atoms with van der Waals surface area (Å²) in [6.45, 7) is 5.55. The van der Waals surface area contributed by atoms with E-state index in [1.165, 1.54) is 0 Å². The average molecular weight is 194 g/mol. The Hall–Kier alpha value is -1.09. The van der Waals surface area contributed by atoms with Crippen molar-refractivity contribution >= 4 is 0 Å². The van der Waals surface area contributed by atoms with E-state index in [0.29, 0.717) is 12.5 Å². The number of nitrogens with two attached hydrogens (primary N) is 1. The monoisotopic (exact) mass is 194 g/mol. The van der Waals surface area contributed by atoms with Gasteiger partial charge in [0.05, 0.1) is 18.5 Å². The Morgan fingerprint density at radius 3 is 2.79 bits per heavy atom. The minimum absolute atomic E-state index is 0.478. The van der Waals surface area contributed by atoms with Crippen molar-refractivity contribution in [2.75, 3.05) is 6.61 Å². The second kappa shape index (κ2) is 5.60. The van der Waals surface area contributed by atoms with E-state index in [4.69, 9.17) is 10.5 Å². The molecule has 78 valence electrons. The number of pyridine rings is 1. The highest BCUT2D eigenvalue weighted by Crippen LogP contribution is 2.11. The predicted molar refractivity (Wildman–Crippen MR) is 57.1 cm³/mol. The maximum atomic E-state index is 5.55. The summed E-state index contributed by atoms with van der Waals surface area (Å²) in [4.78, 5) is 4.15. The van der Waals surface area contributed by atoms with Gasteiger partial charge in [0.2, 0.25) is 0 Å². The first kappa shape index (κ1) is 11.0. The molecule has 3 heteroatoms. The van der Waals surface area contributed by atoms with Gasteiger partial charge in [-0.3, -0.25) is 4.98 Å². The topological polar surface area (TPSA) is 48.1 Å². The Morgan fingerprint density at radius 2 is 2.29 bits per heavy atom. The third kappa shape index (κ3) is 3.34. The molecule has 0 aliphatic carbocycles. The Bertz CT molecular complexity index is 258. The van der Waals surface area contributed by atoms with Gasteiger partial charge in [0.1, 0.15) is 5.75 Å². The summed E-state index contributed by atoms with van der Waals surface area (Å²) in [7, 11) is 0. The van der Waals surface area contributed by atoms with E-state index in [9.17, 15) is 0 Å². The van der Waals surface area contributed by atoms with Crippen LogP contribution in [0.1, 0.15) is 26.0 Å². The highest BCUT2D eigenvalue weighted by atomic mass is 16.5. The third-order valence-electron chi connectivity index (χ3n) is 2.24. The first-order valence-corrected chi connectivity index (χ1v) is 5.04. The molecule has 0 aromatic carbocycles. The summed E-state index contributed by atoms with van der Waals surface area (Å²) in [5.41, 5.74) is 6.33. The molecule has 1 heterocycles. The molecule has 0 fully saturated rings. The van der Waals surface area contributed by atoms with Crippen molar-refractivity contribution in [2.24, 2.45) is 11.7 Å². The van der Waals surface area contributed by atoms with Crippen molar-refractivity contribution in [3.8, 4) is 5.75 Å². The van der Waals surface area contributed by atoms with E-state index in [0.717, 1.165) is 24.5 Å². The normalized spacial score (nSPS) is 12.5. The Labute approximate surface area is 85.3 Å². The largest absolute Gasteiger partial charge is 0.492 e. The lowest BCUT2D eigenvalue weighted by Gasteiger charge is -2.10. The van der Waals surface area contributed by atoms with E-state index < -0.39 is 0 Å². The Morgan fingerprint density at radius 1 is 1.50 bits per heavy atom. The lowest BCUT2D eigenvalue weighted by atomic mass is 10.1. The maximum absolute atomic E-state index is 5.55. The van der Waals surface area contributed by atoms with Gasteiger partial charge in [-0.05, 0) is 18.1 Å². The SMILES string of the molecule is CCC(C)COc1ccc(CN)nc1. The van der Waals surface area contributed by atoms with Crippen LogP contribution in [0.3, 0.4) is 0 Å². The van der Waals surface area contributed by atoms with Crippen LogP contribution in [-0.4, -0.2) is 11.6 Å². The molecule has 2 N–H and O–H groups in total. The van der Waals surface area contributed by atoms with Gasteiger partial charge >= 0.3 is 0 Å². The van der Waals surface area contributed by atoms with E-state index in [1.54, 1.807) is 6.20 Å². The van der Waals surface area contributed by atoms with Crippen molar-refractivity contribution in [1.29, 1.82) is 0 Å². The Balaban J connectivity index is 2.43. The summed E-state index contributed by atoms with van der Waals surface area (Å²) in [5.74, 6) is 1.41. The van der Waals surface area contributed by atoms with Crippen LogP contribution >= 0.6 is 0 Å². The van der Waals surface area contributed by atoms with Crippen molar-refractivity contribution in [1.82, 2.24) is 4.98 Å². The number of hydrogen-bond donors (Lipinski definition) is 1. The minimum Gasteiger partial charge on any atom is -0.492 e. The molecule has 1 rings (SSSR count). The van der Waals surface area contributed by atoms with Crippen LogP contribution in [0.25, 0.3) is 0 Å². The fourth-order valence-electron chi connectivity index (χ4n) is 0.973. The number of rotatable bonds is 5. The minimum atomic E-state index is 0.478. The van der Waals surface area contributed by atoms with E-state index in [2.05, 4.69) is 18.8 Å². The van der Waals surface area contributed by atoms with Crippen LogP contribution in [0.5, 0.6) is 5.75 Å². The quantitative estimate of drug-likeness (QED) is 0.779. The number of hydrogen-bond acceptors (Lipinski definition) is 3. The zero-order valence-electron chi connectivity index (χ0n) is 8.86. The fourth-order valence-corrected chi connectivity index (χ4v) is 0.973. The molecule has 0 radical (unpaired) electrons. The zero-order valence-corrected chi connectivity index (χ0v) is 8.86. The third-order valence-corrected chi connectivity index (χ3v) is 2.24. The molecular weight excluding hydrogens is 176 g/mol. The Kier molecular flexibility index (Phi) is 4.40. The first-order valence-electron chi connectivity index (χ1n) is 5.04. The van der Waals surface area contributed by atoms with Crippen LogP contribution in [0.2, 0.25) is 0 Å². The van der Waals surface area contributed by atoms with E-state index >= 15 is 0 Å². The standard InChI is InChI=1S/C11H18N2O/c1-3-9(2)8-14-11-5-4-10(6-12)13-7-11/h4-5,7,9H,3,6,8,12H2,1-2H3. The van der Waals surface area contributed by atoms with Gasteiger partial charge in [0.15, 0.2) is 0 Å².